The summed E-state index contributed by atoms with van der Waals surface area (Å²) < 4.78 is 14.3. The lowest BCUT2D eigenvalue weighted by atomic mass is 9.49. The van der Waals surface area contributed by atoms with Crippen molar-refractivity contribution in [3.8, 4) is 0 Å². The Hall–Kier alpha value is -2.44. The number of hydrogen-bond donors (Lipinski definition) is 3. The molecule has 3 N–H and O–H groups in total. The first kappa shape index (κ1) is 23.3. The summed E-state index contributed by atoms with van der Waals surface area (Å²) in [5, 5.41) is 8.17. The first-order valence-electron chi connectivity index (χ1n) is 13.0. The molecule has 1 aromatic carbocycles. The average Bonchev–Trinajstić information content (AvgIpc) is 2.79. The van der Waals surface area contributed by atoms with Crippen LogP contribution in [0, 0.1) is 34.9 Å². The molecular formula is C27H36FN3O3. The van der Waals surface area contributed by atoms with Crippen LogP contribution in [0.2, 0.25) is 0 Å². The number of halogens is 1. The number of benzene rings is 1. The van der Waals surface area contributed by atoms with Crippen molar-refractivity contribution in [2.45, 2.75) is 77.0 Å². The van der Waals surface area contributed by atoms with Crippen LogP contribution in [0.3, 0.4) is 0 Å². The molecule has 0 atom stereocenters. The van der Waals surface area contributed by atoms with Gasteiger partial charge in [0.15, 0.2) is 0 Å². The van der Waals surface area contributed by atoms with Gasteiger partial charge in [-0.1, -0.05) is 19.3 Å². The van der Waals surface area contributed by atoms with Gasteiger partial charge in [-0.3, -0.25) is 14.4 Å². The SMILES string of the molecule is O=C(CC12CC3CC(CC(C3)C1)C2)NCC(=O)Nc1ccc(F)c(NC(=O)C2CCCCC2)c1. The summed E-state index contributed by atoms with van der Waals surface area (Å²) in [6.45, 7) is -0.119. The van der Waals surface area contributed by atoms with Gasteiger partial charge in [0, 0.05) is 18.0 Å². The summed E-state index contributed by atoms with van der Waals surface area (Å²) in [6, 6.07) is 4.13. The number of rotatable bonds is 7. The Labute approximate surface area is 200 Å². The van der Waals surface area contributed by atoms with Crippen molar-refractivity contribution in [3.63, 3.8) is 0 Å². The summed E-state index contributed by atoms with van der Waals surface area (Å²) in [5.74, 6) is 1.14. The second-order valence-corrected chi connectivity index (χ2v) is 11.4. The first-order valence-corrected chi connectivity index (χ1v) is 13.0. The monoisotopic (exact) mass is 469 g/mol. The van der Waals surface area contributed by atoms with Crippen molar-refractivity contribution in [1.82, 2.24) is 5.32 Å². The molecule has 0 saturated heterocycles. The van der Waals surface area contributed by atoms with Gasteiger partial charge >= 0.3 is 0 Å². The van der Waals surface area contributed by atoms with Gasteiger partial charge in [0.05, 0.1) is 12.2 Å². The maximum absolute atomic E-state index is 14.3. The number of amides is 3. The smallest absolute Gasteiger partial charge is 0.243 e. The predicted molar refractivity (Wildman–Crippen MR) is 128 cm³/mol. The van der Waals surface area contributed by atoms with E-state index in [0.717, 1.165) is 69.1 Å². The number of anilines is 2. The quantitative estimate of drug-likeness (QED) is 0.525. The third kappa shape index (κ3) is 5.28. The topological polar surface area (TPSA) is 87.3 Å². The highest BCUT2D eigenvalue weighted by molar-refractivity contribution is 5.96. The summed E-state index contributed by atoms with van der Waals surface area (Å²) in [7, 11) is 0. The molecule has 0 radical (unpaired) electrons. The fourth-order valence-corrected chi connectivity index (χ4v) is 7.59. The van der Waals surface area contributed by atoms with E-state index in [1.165, 1.54) is 37.5 Å². The molecule has 5 fully saturated rings. The zero-order valence-corrected chi connectivity index (χ0v) is 19.8. The number of carbonyl (C=O) groups is 3. The minimum atomic E-state index is -0.536. The van der Waals surface area contributed by atoms with Crippen molar-refractivity contribution < 1.29 is 18.8 Å². The Morgan fingerprint density at radius 3 is 2.18 bits per heavy atom. The average molecular weight is 470 g/mol. The summed E-state index contributed by atoms with van der Waals surface area (Å²) >= 11 is 0. The van der Waals surface area contributed by atoms with Gasteiger partial charge in [-0.25, -0.2) is 4.39 Å². The van der Waals surface area contributed by atoms with Gasteiger partial charge in [-0.15, -0.1) is 0 Å². The number of hydrogen-bond acceptors (Lipinski definition) is 3. The van der Waals surface area contributed by atoms with Crippen LogP contribution < -0.4 is 16.0 Å². The van der Waals surface area contributed by atoms with Gasteiger partial charge in [0.1, 0.15) is 5.82 Å². The number of nitrogens with one attached hydrogen (secondary N) is 3. The zero-order chi connectivity index (χ0) is 23.7. The molecule has 5 aliphatic rings. The van der Waals surface area contributed by atoms with Crippen LogP contribution in [0.5, 0.6) is 0 Å². The third-order valence-electron chi connectivity index (χ3n) is 8.63. The summed E-state index contributed by atoms with van der Waals surface area (Å²) in [4.78, 5) is 37.6. The zero-order valence-electron chi connectivity index (χ0n) is 19.8. The van der Waals surface area contributed by atoms with Crippen LogP contribution in [0.15, 0.2) is 18.2 Å². The Balaban J connectivity index is 1.11. The van der Waals surface area contributed by atoms with Gasteiger partial charge in [-0.2, -0.15) is 0 Å². The Kier molecular flexibility index (Phi) is 6.63. The lowest BCUT2D eigenvalue weighted by Crippen LogP contribution is -2.48. The van der Waals surface area contributed by atoms with Crippen molar-refractivity contribution >= 4 is 29.1 Å². The maximum atomic E-state index is 14.3. The lowest BCUT2D eigenvalue weighted by Gasteiger charge is -2.56. The molecule has 0 aromatic heterocycles. The molecule has 34 heavy (non-hydrogen) atoms. The van der Waals surface area contributed by atoms with Crippen LogP contribution >= 0.6 is 0 Å². The van der Waals surface area contributed by atoms with Crippen LogP contribution in [0.1, 0.15) is 77.0 Å². The molecule has 3 amide bonds. The molecule has 5 aliphatic carbocycles. The van der Waals surface area contributed by atoms with Gasteiger partial charge in [0.25, 0.3) is 0 Å². The molecule has 0 heterocycles. The van der Waals surface area contributed by atoms with E-state index in [1.54, 1.807) is 0 Å². The Bertz CT molecular complexity index is 921. The molecule has 0 unspecified atom stereocenters. The fourth-order valence-electron chi connectivity index (χ4n) is 7.59. The van der Waals surface area contributed by atoms with Gasteiger partial charge in [-0.05, 0) is 92.7 Å². The molecular weight excluding hydrogens is 433 g/mol. The predicted octanol–water partition coefficient (Wildman–Crippen LogP) is 5.01. The maximum Gasteiger partial charge on any atom is 0.243 e. The third-order valence-corrected chi connectivity index (χ3v) is 8.63. The van der Waals surface area contributed by atoms with E-state index in [2.05, 4.69) is 16.0 Å². The largest absolute Gasteiger partial charge is 0.347 e. The molecule has 4 bridgehead atoms. The molecule has 0 aliphatic heterocycles. The second-order valence-electron chi connectivity index (χ2n) is 11.4. The van der Waals surface area contributed by atoms with E-state index >= 15 is 0 Å². The van der Waals surface area contributed by atoms with E-state index < -0.39 is 5.82 Å². The van der Waals surface area contributed by atoms with Crippen molar-refractivity contribution in [1.29, 1.82) is 0 Å². The Morgan fingerprint density at radius 2 is 1.53 bits per heavy atom. The Morgan fingerprint density at radius 1 is 0.882 bits per heavy atom. The van der Waals surface area contributed by atoms with Crippen LogP contribution in [0.4, 0.5) is 15.8 Å². The van der Waals surface area contributed by atoms with Crippen LogP contribution in [-0.2, 0) is 14.4 Å². The molecule has 7 heteroatoms. The molecule has 5 saturated carbocycles. The van der Waals surface area contributed by atoms with E-state index in [9.17, 15) is 18.8 Å². The van der Waals surface area contributed by atoms with E-state index in [-0.39, 0.29) is 41.3 Å². The van der Waals surface area contributed by atoms with E-state index in [4.69, 9.17) is 0 Å². The van der Waals surface area contributed by atoms with E-state index in [1.807, 2.05) is 0 Å². The van der Waals surface area contributed by atoms with E-state index in [0.29, 0.717) is 12.1 Å². The van der Waals surface area contributed by atoms with Gasteiger partial charge < -0.3 is 16.0 Å². The standard InChI is InChI=1S/C27H36FN3O3/c28-22-7-6-21(11-23(22)31-26(34)20-4-2-1-3-5-20)30-25(33)16-29-24(32)15-27-12-17-8-18(13-27)10-19(9-17)14-27/h6-7,11,17-20H,1-5,8-10,12-16H2,(H,29,32)(H,30,33)(H,31,34). The minimum absolute atomic E-state index is 0.0587. The summed E-state index contributed by atoms with van der Waals surface area (Å²) in [5.41, 5.74) is 0.595. The molecule has 0 spiro atoms. The summed E-state index contributed by atoms with van der Waals surface area (Å²) in [6.07, 6.45) is 12.8. The fraction of sp³-hybridized carbons (Fsp3) is 0.667. The lowest BCUT2D eigenvalue weighted by molar-refractivity contribution is -0.131. The van der Waals surface area contributed by atoms with Crippen LogP contribution in [0.25, 0.3) is 0 Å². The van der Waals surface area contributed by atoms with Gasteiger partial charge in [0.2, 0.25) is 17.7 Å². The highest BCUT2D eigenvalue weighted by atomic mass is 19.1. The van der Waals surface area contributed by atoms with Crippen molar-refractivity contribution in [2.24, 2.45) is 29.1 Å². The second kappa shape index (κ2) is 9.67. The van der Waals surface area contributed by atoms with Crippen molar-refractivity contribution in [2.75, 3.05) is 17.2 Å². The first-order chi connectivity index (χ1) is 16.4. The number of carbonyl (C=O) groups excluding carboxylic acids is 3. The molecule has 6 nitrogen and oxygen atoms in total. The normalized spacial score (nSPS) is 30.1. The minimum Gasteiger partial charge on any atom is -0.347 e. The molecule has 184 valence electrons. The highest BCUT2D eigenvalue weighted by Gasteiger charge is 2.51. The highest BCUT2D eigenvalue weighted by Crippen LogP contribution is 2.61. The van der Waals surface area contributed by atoms with Crippen molar-refractivity contribution in [3.05, 3.63) is 24.0 Å². The molecule has 1 aromatic rings. The van der Waals surface area contributed by atoms with Crippen LogP contribution in [-0.4, -0.2) is 24.3 Å². The molecule has 6 rings (SSSR count).